The summed E-state index contributed by atoms with van der Waals surface area (Å²) >= 11 is 0. The first-order chi connectivity index (χ1) is 18.3. The molecule has 0 saturated carbocycles. The molecular weight excluding hydrogens is 503 g/mol. The molecule has 1 heterocycles. The Morgan fingerprint density at radius 2 is 1.53 bits per heavy atom. The van der Waals surface area contributed by atoms with E-state index in [1.807, 2.05) is 23.1 Å². The first kappa shape index (κ1) is 27.5. The van der Waals surface area contributed by atoms with Gasteiger partial charge in [0.15, 0.2) is 0 Å². The zero-order chi connectivity index (χ0) is 27.1. The zero-order valence-electron chi connectivity index (χ0n) is 21.7. The van der Waals surface area contributed by atoms with Crippen LogP contribution >= 0.6 is 0 Å². The molecule has 1 fully saturated rings. The lowest BCUT2D eigenvalue weighted by molar-refractivity contribution is 0.0650. The van der Waals surface area contributed by atoms with Gasteiger partial charge in [0.25, 0.3) is 5.91 Å². The maximum atomic E-state index is 14.5. The number of nitrogens with zero attached hydrogens (tertiary/aromatic N) is 4. The van der Waals surface area contributed by atoms with E-state index in [4.69, 9.17) is 0 Å². The molecule has 1 aliphatic heterocycles. The van der Waals surface area contributed by atoms with Crippen molar-refractivity contribution in [2.45, 2.75) is 6.54 Å². The maximum Gasteiger partial charge on any atom is 0.303 e. The molecule has 0 spiro atoms. The Balaban J connectivity index is 1.37. The van der Waals surface area contributed by atoms with E-state index >= 15 is 0 Å². The molecular formula is C29H33FN4O3S. The summed E-state index contributed by atoms with van der Waals surface area (Å²) in [6.45, 7) is 3.64. The van der Waals surface area contributed by atoms with Crippen LogP contribution in [0.25, 0.3) is 6.08 Å². The van der Waals surface area contributed by atoms with Crippen LogP contribution in [-0.2, 0) is 16.8 Å². The summed E-state index contributed by atoms with van der Waals surface area (Å²) in [5.74, 6) is -0.678. The number of anilines is 1. The molecule has 0 bridgehead atoms. The lowest BCUT2D eigenvalue weighted by Crippen LogP contribution is -2.48. The molecule has 0 aliphatic carbocycles. The van der Waals surface area contributed by atoms with Gasteiger partial charge in [-0.1, -0.05) is 66.7 Å². The molecule has 38 heavy (non-hydrogen) atoms. The van der Waals surface area contributed by atoms with Crippen molar-refractivity contribution in [2.24, 2.45) is 0 Å². The summed E-state index contributed by atoms with van der Waals surface area (Å²) in [5.41, 5.74) is 2.32. The van der Waals surface area contributed by atoms with Crippen molar-refractivity contribution in [3.8, 4) is 0 Å². The highest BCUT2D eigenvalue weighted by molar-refractivity contribution is 7.90. The fraction of sp³-hybridized carbons (Fsp3) is 0.276. The van der Waals surface area contributed by atoms with Gasteiger partial charge < -0.3 is 4.90 Å². The minimum absolute atomic E-state index is 0.0298. The topological polar surface area (TPSA) is 64.2 Å². The molecule has 0 aromatic heterocycles. The van der Waals surface area contributed by atoms with E-state index in [0.717, 1.165) is 28.2 Å². The van der Waals surface area contributed by atoms with E-state index in [1.165, 1.54) is 37.9 Å². The van der Waals surface area contributed by atoms with E-state index in [9.17, 15) is 17.6 Å². The third-order valence-corrected chi connectivity index (χ3v) is 8.33. The smallest absolute Gasteiger partial charge is 0.303 e. The molecule has 1 aliphatic rings. The van der Waals surface area contributed by atoms with Gasteiger partial charge in [-0.2, -0.15) is 12.7 Å². The fourth-order valence-corrected chi connectivity index (χ4v) is 5.38. The molecule has 0 N–H and O–H groups in total. The Labute approximate surface area is 224 Å². The number of hydrogen-bond acceptors (Lipinski definition) is 4. The zero-order valence-corrected chi connectivity index (χ0v) is 22.5. The quantitative estimate of drug-likeness (QED) is 0.413. The third kappa shape index (κ3) is 6.66. The number of para-hydroxylation sites is 1. The summed E-state index contributed by atoms with van der Waals surface area (Å²) in [4.78, 5) is 17.2. The van der Waals surface area contributed by atoms with Crippen LogP contribution in [0.4, 0.5) is 10.1 Å². The molecule has 0 atom stereocenters. The average Bonchev–Trinajstić information content (AvgIpc) is 2.93. The van der Waals surface area contributed by atoms with E-state index in [2.05, 4.69) is 29.2 Å². The molecule has 1 saturated heterocycles. The van der Waals surface area contributed by atoms with Gasteiger partial charge in [-0.05, 0) is 35.4 Å². The normalized spacial score (nSPS) is 14.8. The Morgan fingerprint density at radius 3 is 2.16 bits per heavy atom. The fourth-order valence-electron chi connectivity index (χ4n) is 4.28. The molecule has 1 amide bonds. The van der Waals surface area contributed by atoms with Gasteiger partial charge in [-0.3, -0.25) is 14.0 Å². The number of halogens is 1. The molecule has 3 aromatic rings. The summed E-state index contributed by atoms with van der Waals surface area (Å²) < 4.78 is 42.5. The van der Waals surface area contributed by atoms with Gasteiger partial charge >= 0.3 is 10.2 Å². The molecule has 0 unspecified atom stereocenters. The highest BCUT2D eigenvalue weighted by atomic mass is 32.2. The first-order valence-corrected chi connectivity index (χ1v) is 13.9. The van der Waals surface area contributed by atoms with Crippen LogP contribution < -0.4 is 4.31 Å². The second kappa shape index (κ2) is 12.3. The Kier molecular flexibility index (Phi) is 8.93. The van der Waals surface area contributed by atoms with Crippen molar-refractivity contribution in [3.63, 3.8) is 0 Å². The number of amides is 1. The summed E-state index contributed by atoms with van der Waals surface area (Å²) in [7, 11) is -1.13. The predicted octanol–water partition coefficient (Wildman–Crippen LogP) is 4.11. The average molecular weight is 537 g/mol. The molecule has 4 rings (SSSR count). The summed E-state index contributed by atoms with van der Waals surface area (Å²) in [6.07, 6.45) is 4.25. The van der Waals surface area contributed by atoms with Crippen molar-refractivity contribution < 1.29 is 17.6 Å². The SMILES string of the molecule is CN(C)S(=O)(=O)N(Cc1ccc(C(=O)N2CCN(C/C=C/c3ccccc3)CC2)cc1)c1ccccc1F. The number of carbonyl (C=O) groups is 1. The standard InChI is InChI=1S/C29H33FN4O3S/c1-31(2)38(36,37)34(28-13-7-6-12-27(28)30)23-25-14-16-26(17-15-25)29(35)33-21-19-32(20-22-33)18-8-11-24-9-4-3-5-10-24/h3-17H,18-23H2,1-2H3/b11-8+. The lowest BCUT2D eigenvalue weighted by atomic mass is 10.1. The van der Waals surface area contributed by atoms with Gasteiger partial charge in [0, 0.05) is 52.4 Å². The second-order valence-electron chi connectivity index (χ2n) is 9.35. The van der Waals surface area contributed by atoms with Crippen molar-refractivity contribution in [1.29, 1.82) is 0 Å². The predicted molar refractivity (Wildman–Crippen MR) is 149 cm³/mol. The Hall–Kier alpha value is -3.53. The van der Waals surface area contributed by atoms with E-state index in [-0.39, 0.29) is 18.1 Å². The van der Waals surface area contributed by atoms with E-state index < -0.39 is 16.0 Å². The highest BCUT2D eigenvalue weighted by Gasteiger charge is 2.28. The summed E-state index contributed by atoms with van der Waals surface area (Å²) in [5, 5.41) is 0. The Bertz CT molecular complexity index is 1350. The molecule has 3 aromatic carbocycles. The van der Waals surface area contributed by atoms with Gasteiger partial charge in [0.2, 0.25) is 0 Å². The van der Waals surface area contributed by atoms with Gasteiger partial charge in [-0.25, -0.2) is 4.39 Å². The molecule has 200 valence electrons. The maximum absolute atomic E-state index is 14.5. The number of piperazine rings is 1. The number of rotatable bonds is 9. The molecule has 9 heteroatoms. The number of carbonyl (C=O) groups excluding carboxylic acids is 1. The van der Waals surface area contributed by atoms with Crippen LogP contribution in [0.2, 0.25) is 0 Å². The summed E-state index contributed by atoms with van der Waals surface area (Å²) in [6, 6.07) is 22.8. The number of hydrogen-bond donors (Lipinski definition) is 0. The van der Waals surface area contributed by atoms with Gasteiger partial charge in [0.05, 0.1) is 12.2 Å². The molecule has 7 nitrogen and oxygen atoms in total. The largest absolute Gasteiger partial charge is 0.336 e. The van der Waals surface area contributed by atoms with E-state index in [0.29, 0.717) is 24.2 Å². The minimum Gasteiger partial charge on any atom is -0.336 e. The minimum atomic E-state index is -3.94. The van der Waals surface area contributed by atoms with E-state index in [1.54, 1.807) is 30.3 Å². The van der Waals surface area contributed by atoms with Gasteiger partial charge in [-0.15, -0.1) is 0 Å². The van der Waals surface area contributed by atoms with Crippen LogP contribution in [0.15, 0.2) is 84.9 Å². The highest BCUT2D eigenvalue weighted by Crippen LogP contribution is 2.25. The van der Waals surface area contributed by atoms with Crippen LogP contribution in [0.1, 0.15) is 21.5 Å². The lowest BCUT2D eigenvalue weighted by Gasteiger charge is -2.34. The van der Waals surface area contributed by atoms with Crippen LogP contribution in [-0.4, -0.2) is 75.2 Å². The van der Waals surface area contributed by atoms with Gasteiger partial charge in [0.1, 0.15) is 5.82 Å². The Morgan fingerprint density at radius 1 is 0.895 bits per heavy atom. The monoisotopic (exact) mass is 536 g/mol. The van der Waals surface area contributed by atoms with Crippen LogP contribution in [0.3, 0.4) is 0 Å². The van der Waals surface area contributed by atoms with Crippen molar-refractivity contribution in [3.05, 3.63) is 107 Å². The van der Waals surface area contributed by atoms with Crippen LogP contribution in [0, 0.1) is 5.82 Å². The van der Waals surface area contributed by atoms with Crippen molar-refractivity contribution in [1.82, 2.24) is 14.1 Å². The van der Waals surface area contributed by atoms with Crippen molar-refractivity contribution in [2.75, 3.05) is 51.1 Å². The number of benzene rings is 3. The first-order valence-electron chi connectivity index (χ1n) is 12.5. The van der Waals surface area contributed by atoms with Crippen LogP contribution in [0.5, 0.6) is 0 Å². The third-order valence-electron chi connectivity index (χ3n) is 6.52. The second-order valence-corrected chi connectivity index (χ2v) is 11.4. The van der Waals surface area contributed by atoms with Crippen molar-refractivity contribution >= 4 is 27.9 Å². The molecule has 0 radical (unpaired) electrons.